The molecule has 5 nitrogen and oxygen atoms in total. The van der Waals surface area contributed by atoms with Crippen LogP contribution in [0.1, 0.15) is 25.0 Å². The number of carbonyl (C=O) groups excluding carboxylic acids is 1. The summed E-state index contributed by atoms with van der Waals surface area (Å²) in [4.78, 5) is 21.3. The van der Waals surface area contributed by atoms with E-state index < -0.39 is 0 Å². The van der Waals surface area contributed by atoms with Gasteiger partial charge in [0.05, 0.1) is 5.52 Å². The minimum Gasteiger partial charge on any atom is -0.368 e. The van der Waals surface area contributed by atoms with Crippen LogP contribution in [0.15, 0.2) is 48.9 Å². The first kappa shape index (κ1) is 19.9. The van der Waals surface area contributed by atoms with Gasteiger partial charge < -0.3 is 14.4 Å². The summed E-state index contributed by atoms with van der Waals surface area (Å²) in [5.74, 6) is 0.183. The van der Waals surface area contributed by atoms with E-state index in [1.165, 1.54) is 11.3 Å². The number of amides is 1. The molecule has 0 saturated carbocycles. The molecule has 1 fully saturated rings. The zero-order chi connectivity index (χ0) is 20.1. The lowest BCUT2D eigenvalue weighted by Crippen LogP contribution is -2.49. The minimum atomic E-state index is 0.183. The normalized spacial score (nSPS) is 14.0. The van der Waals surface area contributed by atoms with Crippen molar-refractivity contribution in [3.63, 3.8) is 0 Å². The van der Waals surface area contributed by atoms with Crippen molar-refractivity contribution >= 4 is 22.5 Å². The van der Waals surface area contributed by atoms with Crippen LogP contribution in [0.3, 0.4) is 0 Å². The zero-order valence-corrected chi connectivity index (χ0v) is 17.4. The Morgan fingerprint density at radius 1 is 1.07 bits per heavy atom. The van der Waals surface area contributed by atoms with Gasteiger partial charge in [0, 0.05) is 55.8 Å². The van der Waals surface area contributed by atoms with Crippen LogP contribution < -0.4 is 4.90 Å². The van der Waals surface area contributed by atoms with Gasteiger partial charge in [-0.05, 0) is 43.2 Å². The third-order valence-electron chi connectivity index (χ3n) is 5.19. The number of hydrogen-bond acceptors (Lipinski definition) is 3. The van der Waals surface area contributed by atoms with Crippen molar-refractivity contribution in [2.45, 2.75) is 34.2 Å². The number of rotatable bonds is 3. The molecule has 1 aliphatic rings. The van der Waals surface area contributed by atoms with Crippen LogP contribution in [-0.4, -0.2) is 46.5 Å². The fourth-order valence-electron chi connectivity index (χ4n) is 3.73. The maximum Gasteiger partial charge on any atom is 0.242 e. The lowest BCUT2D eigenvalue weighted by molar-refractivity contribution is -0.132. The molecule has 3 heterocycles. The Kier molecular flexibility index (Phi) is 6.34. The van der Waals surface area contributed by atoms with Crippen molar-refractivity contribution in [1.29, 1.82) is 0 Å². The molecule has 1 aromatic carbocycles. The zero-order valence-electron chi connectivity index (χ0n) is 17.4. The van der Waals surface area contributed by atoms with Crippen LogP contribution >= 0.6 is 0 Å². The highest BCUT2D eigenvalue weighted by molar-refractivity contribution is 5.85. The summed E-state index contributed by atoms with van der Waals surface area (Å²) in [5, 5.41) is 1.12. The topological polar surface area (TPSA) is 41.4 Å². The van der Waals surface area contributed by atoms with Crippen molar-refractivity contribution < 1.29 is 4.79 Å². The Morgan fingerprint density at radius 2 is 1.82 bits per heavy atom. The number of piperazine rings is 1. The van der Waals surface area contributed by atoms with Gasteiger partial charge in [-0.1, -0.05) is 26.0 Å². The van der Waals surface area contributed by atoms with E-state index in [0.717, 1.165) is 42.6 Å². The van der Waals surface area contributed by atoms with E-state index in [1.807, 2.05) is 41.8 Å². The first-order chi connectivity index (χ1) is 13.6. The summed E-state index contributed by atoms with van der Waals surface area (Å²) in [6.07, 6.45) is 5.70. The fourth-order valence-corrected chi connectivity index (χ4v) is 3.73. The van der Waals surface area contributed by atoms with Crippen LogP contribution in [0.5, 0.6) is 0 Å². The van der Waals surface area contributed by atoms with E-state index in [2.05, 4.69) is 48.0 Å². The molecule has 4 rings (SSSR count). The van der Waals surface area contributed by atoms with Crippen LogP contribution in [-0.2, 0) is 11.3 Å². The molecule has 0 aliphatic carbocycles. The molecule has 1 saturated heterocycles. The summed E-state index contributed by atoms with van der Waals surface area (Å²) in [5.41, 5.74) is 4.75. The number of nitrogens with zero attached hydrogens (tertiary/aromatic N) is 4. The second-order valence-electron chi connectivity index (χ2n) is 7.04. The SMILES string of the molecule is CC.Cc1cccc(N2CCN(C(=O)Cn3cc(C)c4cnccc43)CC2)c1. The second kappa shape index (κ2) is 8.91. The van der Waals surface area contributed by atoms with Crippen molar-refractivity contribution in [2.24, 2.45) is 0 Å². The van der Waals surface area contributed by atoms with Crippen molar-refractivity contribution in [2.75, 3.05) is 31.1 Å². The summed E-state index contributed by atoms with van der Waals surface area (Å²) in [6.45, 7) is 11.9. The minimum absolute atomic E-state index is 0.183. The molecule has 28 heavy (non-hydrogen) atoms. The monoisotopic (exact) mass is 378 g/mol. The number of hydrogen-bond donors (Lipinski definition) is 0. The molecule has 1 amide bonds. The Morgan fingerprint density at radius 3 is 2.54 bits per heavy atom. The number of aryl methyl sites for hydroxylation is 2. The van der Waals surface area contributed by atoms with Gasteiger partial charge in [-0.2, -0.15) is 0 Å². The molecule has 2 aromatic heterocycles. The smallest absolute Gasteiger partial charge is 0.242 e. The summed E-state index contributed by atoms with van der Waals surface area (Å²) in [7, 11) is 0. The molecule has 0 unspecified atom stereocenters. The quantitative estimate of drug-likeness (QED) is 0.691. The molecule has 5 heteroatoms. The van der Waals surface area contributed by atoms with Gasteiger partial charge in [-0.15, -0.1) is 0 Å². The Balaban J connectivity index is 0.00000109. The molecule has 3 aromatic rings. The molecular weight excluding hydrogens is 348 g/mol. The molecular formula is C23H30N4O. The number of carbonyl (C=O) groups is 1. The highest BCUT2D eigenvalue weighted by Gasteiger charge is 2.22. The van der Waals surface area contributed by atoms with Crippen LogP contribution in [0, 0.1) is 13.8 Å². The molecule has 0 bridgehead atoms. The van der Waals surface area contributed by atoms with Crippen molar-refractivity contribution in [3.8, 4) is 0 Å². The van der Waals surface area contributed by atoms with Crippen LogP contribution in [0.2, 0.25) is 0 Å². The summed E-state index contributed by atoms with van der Waals surface area (Å²) < 4.78 is 2.04. The van der Waals surface area contributed by atoms with E-state index in [0.29, 0.717) is 6.54 Å². The van der Waals surface area contributed by atoms with E-state index >= 15 is 0 Å². The maximum absolute atomic E-state index is 12.8. The van der Waals surface area contributed by atoms with Crippen LogP contribution in [0.25, 0.3) is 10.9 Å². The lowest BCUT2D eigenvalue weighted by Gasteiger charge is -2.36. The first-order valence-corrected chi connectivity index (χ1v) is 10.1. The van der Waals surface area contributed by atoms with E-state index in [-0.39, 0.29) is 5.91 Å². The third-order valence-corrected chi connectivity index (χ3v) is 5.19. The Hall–Kier alpha value is -2.82. The van der Waals surface area contributed by atoms with Gasteiger partial charge in [0.1, 0.15) is 6.54 Å². The molecule has 0 spiro atoms. The third kappa shape index (κ3) is 4.19. The van der Waals surface area contributed by atoms with E-state index in [4.69, 9.17) is 0 Å². The van der Waals surface area contributed by atoms with Gasteiger partial charge in [-0.3, -0.25) is 9.78 Å². The molecule has 1 aliphatic heterocycles. The Bertz CT molecular complexity index is 939. The lowest BCUT2D eigenvalue weighted by atomic mass is 10.2. The molecule has 0 N–H and O–H groups in total. The number of fused-ring (bicyclic) bond motifs is 1. The Labute approximate surface area is 167 Å². The number of pyridine rings is 1. The average molecular weight is 379 g/mol. The van der Waals surface area contributed by atoms with E-state index in [9.17, 15) is 4.79 Å². The van der Waals surface area contributed by atoms with Gasteiger partial charge in [0.15, 0.2) is 0 Å². The van der Waals surface area contributed by atoms with Gasteiger partial charge in [0.25, 0.3) is 0 Å². The van der Waals surface area contributed by atoms with Gasteiger partial charge in [0.2, 0.25) is 5.91 Å². The maximum atomic E-state index is 12.8. The van der Waals surface area contributed by atoms with Crippen LogP contribution in [0.4, 0.5) is 5.69 Å². The molecule has 0 atom stereocenters. The molecule has 148 valence electrons. The number of aromatic nitrogens is 2. The summed E-state index contributed by atoms with van der Waals surface area (Å²) in [6, 6.07) is 10.5. The van der Waals surface area contributed by atoms with Gasteiger partial charge >= 0.3 is 0 Å². The highest BCUT2D eigenvalue weighted by atomic mass is 16.2. The first-order valence-electron chi connectivity index (χ1n) is 10.1. The number of anilines is 1. The number of benzene rings is 1. The van der Waals surface area contributed by atoms with Crippen molar-refractivity contribution in [3.05, 3.63) is 60.0 Å². The molecule has 0 radical (unpaired) electrons. The fraction of sp³-hybridized carbons (Fsp3) is 0.391. The average Bonchev–Trinajstić information content (AvgIpc) is 3.05. The predicted molar refractivity (Wildman–Crippen MR) is 116 cm³/mol. The van der Waals surface area contributed by atoms with Gasteiger partial charge in [-0.25, -0.2) is 0 Å². The second-order valence-corrected chi connectivity index (χ2v) is 7.04. The highest BCUT2D eigenvalue weighted by Crippen LogP contribution is 2.21. The standard InChI is InChI=1S/C21H24N4O.C2H6/c1-16-4-3-5-18(12-16)23-8-10-24(11-9-23)21(26)15-25-14-17(2)19-13-22-7-6-20(19)25;1-2/h3-7,12-14H,8-11,15H2,1-2H3;1-2H3. The summed E-state index contributed by atoms with van der Waals surface area (Å²) >= 11 is 0. The predicted octanol–water partition coefficient (Wildman–Crippen LogP) is 4.03. The largest absolute Gasteiger partial charge is 0.368 e. The van der Waals surface area contributed by atoms with Crippen molar-refractivity contribution in [1.82, 2.24) is 14.5 Å². The van der Waals surface area contributed by atoms with E-state index in [1.54, 1.807) is 6.20 Å².